The number of carbonyl (C=O) groups is 1. The van der Waals surface area contributed by atoms with E-state index in [0.717, 1.165) is 11.1 Å². The highest BCUT2D eigenvalue weighted by Gasteiger charge is 2.09. The molecule has 0 radical (unpaired) electrons. The molecule has 0 saturated heterocycles. The van der Waals surface area contributed by atoms with Crippen molar-refractivity contribution in [3.8, 4) is 11.5 Å². The first-order chi connectivity index (χ1) is 9.28. The summed E-state index contributed by atoms with van der Waals surface area (Å²) in [5.41, 5.74) is 5.47. The van der Waals surface area contributed by atoms with Gasteiger partial charge in [0.2, 0.25) is 0 Å². The van der Waals surface area contributed by atoms with Gasteiger partial charge in [-0.1, -0.05) is 31.6 Å². The molecule has 3 nitrogen and oxygen atoms in total. The molecule has 0 aliphatic heterocycles. The number of nitrogens with zero attached hydrogens (tertiary/aromatic N) is 1. The second-order valence-corrected chi connectivity index (χ2v) is 11.3. The predicted octanol–water partition coefficient (Wildman–Crippen LogP) is 3.03. The van der Waals surface area contributed by atoms with E-state index >= 15 is 0 Å². The van der Waals surface area contributed by atoms with Gasteiger partial charge in [-0.15, -0.1) is 5.54 Å². The molecule has 108 valence electrons. The average Bonchev–Trinajstić information content (AvgIpc) is 2.80. The van der Waals surface area contributed by atoms with Gasteiger partial charge in [0, 0.05) is 17.7 Å². The number of hydrogen-bond donors (Lipinski definition) is 1. The van der Waals surface area contributed by atoms with Gasteiger partial charge in [-0.3, -0.25) is 9.69 Å². The third kappa shape index (κ3) is 6.71. The zero-order valence-electron chi connectivity index (χ0n) is 12.4. The molecular formula is C15H21NO2SSi. The summed E-state index contributed by atoms with van der Waals surface area (Å²) in [6.45, 7) is 7.25. The molecule has 1 aromatic rings. The topological polar surface area (TPSA) is 40.5 Å². The molecule has 0 aromatic carbocycles. The fourth-order valence-corrected chi connectivity index (χ4v) is 2.62. The smallest absolute Gasteiger partial charge is 0.317 e. The van der Waals surface area contributed by atoms with Crippen molar-refractivity contribution in [1.29, 1.82) is 0 Å². The summed E-state index contributed by atoms with van der Waals surface area (Å²) in [6.07, 6.45) is 2.01. The molecule has 0 saturated carbocycles. The minimum atomic E-state index is -1.42. The molecule has 5 heteroatoms. The van der Waals surface area contributed by atoms with Crippen molar-refractivity contribution in [3.63, 3.8) is 0 Å². The van der Waals surface area contributed by atoms with Crippen molar-refractivity contribution in [2.24, 2.45) is 0 Å². The van der Waals surface area contributed by atoms with Crippen LogP contribution in [0.1, 0.15) is 5.56 Å². The van der Waals surface area contributed by atoms with E-state index in [0.29, 0.717) is 6.54 Å². The quantitative estimate of drug-likeness (QED) is 0.671. The molecule has 0 aliphatic rings. The van der Waals surface area contributed by atoms with Crippen molar-refractivity contribution in [3.05, 3.63) is 28.5 Å². The van der Waals surface area contributed by atoms with E-state index in [1.165, 1.54) is 0 Å². The van der Waals surface area contributed by atoms with E-state index in [9.17, 15) is 4.79 Å². The number of likely N-dealkylation sites (N-methyl/N-ethyl adjacent to an activating group) is 1. The lowest BCUT2D eigenvalue weighted by Crippen LogP contribution is -2.25. The first-order valence-electron chi connectivity index (χ1n) is 6.44. The maximum Gasteiger partial charge on any atom is 0.317 e. The fraction of sp³-hybridized carbons (Fsp3) is 0.400. The Morgan fingerprint density at radius 1 is 1.50 bits per heavy atom. The van der Waals surface area contributed by atoms with Gasteiger partial charge >= 0.3 is 5.97 Å². The molecule has 1 aromatic heterocycles. The molecule has 0 atom stereocenters. The summed E-state index contributed by atoms with van der Waals surface area (Å²) in [5, 5.41) is 12.9. The van der Waals surface area contributed by atoms with E-state index in [-0.39, 0.29) is 6.54 Å². The lowest BCUT2D eigenvalue weighted by atomic mass is 10.1. The van der Waals surface area contributed by atoms with Crippen LogP contribution in [0, 0.1) is 11.5 Å². The number of allylic oxidation sites excluding steroid dienone is 1. The molecule has 0 bridgehead atoms. The number of carboxylic acid groups (broad SMARTS) is 1. The van der Waals surface area contributed by atoms with Gasteiger partial charge in [0.05, 0.1) is 6.54 Å². The number of aliphatic carboxylic acids is 1. The number of thiophene rings is 1. The Hall–Kier alpha value is -1.35. The minimum Gasteiger partial charge on any atom is -0.480 e. The molecular weight excluding hydrogens is 286 g/mol. The van der Waals surface area contributed by atoms with Crippen molar-refractivity contribution in [2.45, 2.75) is 19.6 Å². The van der Waals surface area contributed by atoms with Crippen molar-refractivity contribution in [2.75, 3.05) is 20.1 Å². The Labute approximate surface area is 125 Å². The number of rotatable bonds is 5. The molecule has 1 heterocycles. The molecule has 0 fully saturated rings. The van der Waals surface area contributed by atoms with Gasteiger partial charge in [-0.25, -0.2) is 0 Å². The molecule has 0 unspecified atom stereocenters. The fourth-order valence-electron chi connectivity index (χ4n) is 1.46. The van der Waals surface area contributed by atoms with Crippen LogP contribution in [0.4, 0.5) is 0 Å². The second-order valence-electron chi connectivity index (χ2n) is 5.72. The highest BCUT2D eigenvalue weighted by Crippen LogP contribution is 2.17. The van der Waals surface area contributed by atoms with Gasteiger partial charge < -0.3 is 5.11 Å². The van der Waals surface area contributed by atoms with Crippen LogP contribution in [0.5, 0.6) is 0 Å². The third-order valence-corrected chi connectivity index (χ3v) is 3.97. The molecule has 0 spiro atoms. The van der Waals surface area contributed by atoms with Crippen LogP contribution in [0.15, 0.2) is 22.9 Å². The van der Waals surface area contributed by atoms with E-state index in [2.05, 4.69) is 36.5 Å². The van der Waals surface area contributed by atoms with Crippen molar-refractivity contribution in [1.82, 2.24) is 4.90 Å². The summed E-state index contributed by atoms with van der Waals surface area (Å²) in [6, 6.07) is 2.05. The minimum absolute atomic E-state index is 0.0366. The summed E-state index contributed by atoms with van der Waals surface area (Å²) < 4.78 is 0. The largest absolute Gasteiger partial charge is 0.480 e. The Morgan fingerprint density at radius 2 is 2.20 bits per heavy atom. The van der Waals surface area contributed by atoms with E-state index < -0.39 is 14.0 Å². The Bertz CT molecular complexity index is 532. The molecule has 1 N–H and O–H groups in total. The monoisotopic (exact) mass is 307 g/mol. The highest BCUT2D eigenvalue weighted by molar-refractivity contribution is 7.08. The van der Waals surface area contributed by atoms with E-state index in [1.54, 1.807) is 23.3 Å². The lowest BCUT2D eigenvalue weighted by molar-refractivity contribution is -0.137. The van der Waals surface area contributed by atoms with Crippen LogP contribution in [-0.2, 0) is 4.79 Å². The normalized spacial score (nSPS) is 12.2. The number of carboxylic acids is 1. The van der Waals surface area contributed by atoms with Gasteiger partial charge in [0.25, 0.3) is 0 Å². The standard InChI is InChI=1S/C15H21NO2SSi/c1-16(11-15(17)18)8-5-13(7-10-20(2,3)4)14-6-9-19-12-14/h5-6,9,12H,8,11H2,1-4H3,(H,17,18)/b13-5-. The van der Waals surface area contributed by atoms with Crippen LogP contribution < -0.4 is 0 Å². The van der Waals surface area contributed by atoms with Gasteiger partial charge in [0.1, 0.15) is 8.07 Å². The molecule has 1 rings (SSSR count). The Balaban J connectivity index is 2.88. The molecule has 20 heavy (non-hydrogen) atoms. The van der Waals surface area contributed by atoms with Gasteiger partial charge in [0.15, 0.2) is 0 Å². The van der Waals surface area contributed by atoms with Crippen molar-refractivity contribution < 1.29 is 9.90 Å². The maximum absolute atomic E-state index is 10.7. The number of hydrogen-bond acceptors (Lipinski definition) is 3. The van der Waals surface area contributed by atoms with Crippen LogP contribution in [0.25, 0.3) is 5.57 Å². The zero-order chi connectivity index (χ0) is 15.2. The maximum atomic E-state index is 10.7. The molecule has 0 amide bonds. The van der Waals surface area contributed by atoms with Crippen molar-refractivity contribution >= 4 is 31.0 Å². The summed E-state index contributed by atoms with van der Waals surface area (Å²) in [4.78, 5) is 12.4. The van der Waals surface area contributed by atoms with Crippen LogP contribution in [-0.4, -0.2) is 44.2 Å². The van der Waals surface area contributed by atoms with E-state index in [1.807, 2.05) is 17.5 Å². The zero-order valence-corrected chi connectivity index (χ0v) is 14.3. The second kappa shape index (κ2) is 7.43. The molecule has 0 aliphatic carbocycles. The first kappa shape index (κ1) is 16.7. The SMILES string of the molecule is CN(C/C=C(/C#C[Si](C)(C)C)c1ccsc1)CC(=O)O. The average molecular weight is 307 g/mol. The lowest BCUT2D eigenvalue weighted by Gasteiger charge is -2.11. The third-order valence-electron chi connectivity index (χ3n) is 2.42. The van der Waals surface area contributed by atoms with Crippen LogP contribution in [0.3, 0.4) is 0 Å². The first-order valence-corrected chi connectivity index (χ1v) is 10.9. The summed E-state index contributed by atoms with van der Waals surface area (Å²) in [7, 11) is 0.372. The van der Waals surface area contributed by atoms with Crippen LogP contribution >= 0.6 is 11.3 Å². The van der Waals surface area contributed by atoms with Gasteiger partial charge in [-0.05, 0) is 23.9 Å². The Morgan fingerprint density at radius 3 is 2.70 bits per heavy atom. The Kier molecular flexibility index (Phi) is 6.21. The predicted molar refractivity (Wildman–Crippen MR) is 88.6 cm³/mol. The van der Waals surface area contributed by atoms with E-state index in [4.69, 9.17) is 5.11 Å². The van der Waals surface area contributed by atoms with Crippen LogP contribution in [0.2, 0.25) is 19.6 Å². The van der Waals surface area contributed by atoms with Gasteiger partial charge in [-0.2, -0.15) is 11.3 Å². The highest BCUT2D eigenvalue weighted by atomic mass is 32.1. The summed E-state index contributed by atoms with van der Waals surface area (Å²) >= 11 is 1.64. The summed E-state index contributed by atoms with van der Waals surface area (Å²) in [5.74, 6) is 2.46.